The fourth-order valence-electron chi connectivity index (χ4n) is 1.55. The fourth-order valence-corrected chi connectivity index (χ4v) is 1.71. The number of amides is 1. The van der Waals surface area contributed by atoms with E-state index >= 15 is 0 Å². The maximum absolute atomic E-state index is 13.4. The minimum Gasteiger partial charge on any atom is -0.299 e. The molecule has 0 aromatic carbocycles. The summed E-state index contributed by atoms with van der Waals surface area (Å²) in [5, 5.41) is -0.0311. The Balaban J connectivity index is 2.38. The van der Waals surface area contributed by atoms with Gasteiger partial charge in [-0.05, 0) is 12.2 Å². The molecule has 0 aromatic rings. The van der Waals surface area contributed by atoms with Gasteiger partial charge in [0.15, 0.2) is 0 Å². The average Bonchev–Trinajstić information content (AvgIpc) is 2.10. The van der Waals surface area contributed by atoms with Crippen molar-refractivity contribution in [3.63, 3.8) is 0 Å². The summed E-state index contributed by atoms with van der Waals surface area (Å²) in [5.74, 6) is -0.706. The molecule has 14 heavy (non-hydrogen) atoms. The molecule has 3 nitrogen and oxygen atoms in total. The lowest BCUT2D eigenvalue weighted by Gasteiger charge is -2.33. The van der Waals surface area contributed by atoms with Crippen LogP contribution in [-0.4, -0.2) is 22.9 Å². The summed E-state index contributed by atoms with van der Waals surface area (Å²) < 4.78 is 13.4. The van der Waals surface area contributed by atoms with Gasteiger partial charge in [0, 0.05) is 12.1 Å². The third-order valence-corrected chi connectivity index (χ3v) is 2.50. The number of Topliss-reactive ketones (excluding diaryl/α,β-unsaturated/α-hetero) is 1. The minimum atomic E-state index is -1.63. The van der Waals surface area contributed by atoms with Crippen molar-refractivity contribution in [1.29, 1.82) is 0 Å². The first-order chi connectivity index (χ1) is 6.59. The maximum atomic E-state index is 13.4. The molecule has 0 radical (unpaired) electrons. The molecule has 5 heteroatoms. The van der Waals surface area contributed by atoms with E-state index in [9.17, 15) is 14.0 Å². The second-order valence-electron chi connectivity index (χ2n) is 3.20. The van der Waals surface area contributed by atoms with Crippen LogP contribution in [0.3, 0.4) is 0 Å². The van der Waals surface area contributed by atoms with E-state index in [1.54, 1.807) is 0 Å². The summed E-state index contributed by atoms with van der Waals surface area (Å²) >= 11 is 5.55. The van der Waals surface area contributed by atoms with Crippen LogP contribution in [-0.2, 0) is 9.59 Å². The summed E-state index contributed by atoms with van der Waals surface area (Å²) in [5.41, 5.74) is 0.392. The van der Waals surface area contributed by atoms with Gasteiger partial charge in [0.25, 0.3) is 0 Å². The van der Waals surface area contributed by atoms with Crippen molar-refractivity contribution < 1.29 is 14.0 Å². The second-order valence-corrected chi connectivity index (χ2v) is 3.64. The molecule has 2 aliphatic heterocycles. The Kier molecular flexibility index (Phi) is 2.15. The second kappa shape index (κ2) is 3.20. The summed E-state index contributed by atoms with van der Waals surface area (Å²) in [6, 6.07) is 0. The van der Waals surface area contributed by atoms with Gasteiger partial charge >= 0.3 is 0 Å². The van der Waals surface area contributed by atoms with E-state index < -0.39 is 12.2 Å². The normalized spacial score (nSPS) is 27.0. The molecule has 2 rings (SSSR count). The number of fused-ring (bicyclic) bond motifs is 1. The van der Waals surface area contributed by atoms with Gasteiger partial charge in [-0.25, -0.2) is 4.39 Å². The Morgan fingerprint density at radius 3 is 2.79 bits per heavy atom. The van der Waals surface area contributed by atoms with E-state index in [4.69, 9.17) is 11.6 Å². The Hall–Kier alpha value is -1.16. The summed E-state index contributed by atoms with van der Waals surface area (Å²) in [6.07, 6.45) is 1.13. The molecule has 1 unspecified atom stereocenters. The van der Waals surface area contributed by atoms with Gasteiger partial charge in [0.2, 0.25) is 12.2 Å². The average molecular weight is 216 g/mol. The van der Waals surface area contributed by atoms with E-state index in [2.05, 4.69) is 0 Å². The predicted molar refractivity (Wildman–Crippen MR) is 48.0 cm³/mol. The zero-order chi connectivity index (χ0) is 10.3. The first-order valence-corrected chi connectivity index (χ1v) is 4.51. The highest BCUT2D eigenvalue weighted by Gasteiger charge is 2.36. The van der Waals surface area contributed by atoms with Gasteiger partial charge in [-0.3, -0.25) is 14.5 Å². The Labute approximate surface area is 84.8 Å². The highest BCUT2D eigenvalue weighted by Crippen LogP contribution is 2.31. The highest BCUT2D eigenvalue weighted by molar-refractivity contribution is 6.30. The monoisotopic (exact) mass is 215 g/mol. The molecular weight excluding hydrogens is 209 g/mol. The highest BCUT2D eigenvalue weighted by atomic mass is 35.5. The zero-order valence-electron chi connectivity index (χ0n) is 7.17. The molecule has 0 saturated carbocycles. The molecule has 0 bridgehead atoms. The predicted octanol–water partition coefficient (Wildman–Crippen LogP) is 1.49. The van der Waals surface area contributed by atoms with E-state index in [0.717, 1.165) is 4.90 Å². The van der Waals surface area contributed by atoms with Crippen LogP contribution in [0.5, 0.6) is 0 Å². The van der Waals surface area contributed by atoms with Crippen LogP contribution < -0.4 is 0 Å². The minimum absolute atomic E-state index is 0.0311. The van der Waals surface area contributed by atoms with Gasteiger partial charge in [0.05, 0.1) is 11.5 Å². The van der Waals surface area contributed by atoms with Gasteiger partial charge in [0.1, 0.15) is 5.78 Å². The number of alkyl halides is 1. The van der Waals surface area contributed by atoms with Crippen LogP contribution in [0.4, 0.5) is 4.39 Å². The number of halogens is 2. The molecule has 2 aliphatic rings. The van der Waals surface area contributed by atoms with Crippen molar-refractivity contribution in [2.45, 2.75) is 19.1 Å². The Morgan fingerprint density at radius 2 is 2.07 bits per heavy atom. The fraction of sp³-hybridized carbons (Fsp3) is 0.333. The number of allylic oxidation sites excluding steroid dienone is 3. The van der Waals surface area contributed by atoms with E-state index in [0.29, 0.717) is 5.70 Å². The first-order valence-electron chi connectivity index (χ1n) is 4.13. The number of ketones is 1. The summed E-state index contributed by atoms with van der Waals surface area (Å²) in [7, 11) is 0. The van der Waals surface area contributed by atoms with Crippen molar-refractivity contribution in [3.8, 4) is 0 Å². The lowest BCUT2D eigenvalue weighted by molar-refractivity contribution is -0.140. The number of carbonyl (C=O) groups is 2. The number of hydrogen-bond donors (Lipinski definition) is 0. The molecular formula is C9H7ClFNO2. The standard InChI is InChI=1S/C9H7ClFNO2/c10-7-2-1-5-3-6(13)4-8(14)12(5)9(7)11/h1-2,9H,3-4H2. The van der Waals surface area contributed by atoms with Gasteiger partial charge < -0.3 is 0 Å². The smallest absolute Gasteiger partial charge is 0.236 e. The number of hydrogen-bond acceptors (Lipinski definition) is 2. The maximum Gasteiger partial charge on any atom is 0.236 e. The molecule has 2 heterocycles. The summed E-state index contributed by atoms with van der Waals surface area (Å²) in [6.45, 7) is 0. The zero-order valence-corrected chi connectivity index (χ0v) is 7.92. The van der Waals surface area contributed by atoms with Crippen molar-refractivity contribution in [2.75, 3.05) is 0 Å². The molecule has 0 aromatic heterocycles. The van der Waals surface area contributed by atoms with Crippen molar-refractivity contribution in [1.82, 2.24) is 4.90 Å². The molecule has 1 atom stereocenters. The lowest BCUT2D eigenvalue weighted by Crippen LogP contribution is -2.43. The van der Waals surface area contributed by atoms with Crippen LogP contribution in [0, 0.1) is 0 Å². The quantitative estimate of drug-likeness (QED) is 0.454. The van der Waals surface area contributed by atoms with Crippen molar-refractivity contribution in [3.05, 3.63) is 22.9 Å². The molecule has 0 aliphatic carbocycles. The van der Waals surface area contributed by atoms with E-state index in [1.165, 1.54) is 12.2 Å². The molecule has 1 fully saturated rings. The van der Waals surface area contributed by atoms with Crippen LogP contribution >= 0.6 is 11.6 Å². The largest absolute Gasteiger partial charge is 0.299 e. The van der Waals surface area contributed by atoms with Crippen molar-refractivity contribution in [2.24, 2.45) is 0 Å². The third-order valence-electron chi connectivity index (χ3n) is 2.19. The van der Waals surface area contributed by atoms with Crippen LogP contribution in [0.1, 0.15) is 12.8 Å². The molecule has 0 N–H and O–H groups in total. The molecule has 1 saturated heterocycles. The molecule has 0 spiro atoms. The van der Waals surface area contributed by atoms with Gasteiger partial charge in [-0.15, -0.1) is 0 Å². The van der Waals surface area contributed by atoms with Crippen LogP contribution in [0.15, 0.2) is 22.9 Å². The first kappa shape index (κ1) is 9.40. The molecule has 1 amide bonds. The third kappa shape index (κ3) is 1.35. The van der Waals surface area contributed by atoms with Gasteiger partial charge in [-0.2, -0.15) is 0 Å². The Bertz CT molecular complexity index is 375. The van der Waals surface area contributed by atoms with Gasteiger partial charge in [-0.1, -0.05) is 11.6 Å². The SMILES string of the molecule is O=C1CC(=O)N2C(=CC=C(Cl)C2F)C1. The van der Waals surface area contributed by atoms with Crippen LogP contribution in [0.25, 0.3) is 0 Å². The molecule has 74 valence electrons. The number of nitrogens with zero attached hydrogens (tertiary/aromatic N) is 1. The lowest BCUT2D eigenvalue weighted by atomic mass is 10.0. The van der Waals surface area contributed by atoms with E-state index in [1.807, 2.05) is 0 Å². The Morgan fingerprint density at radius 1 is 1.36 bits per heavy atom. The van der Waals surface area contributed by atoms with Crippen LogP contribution in [0.2, 0.25) is 0 Å². The number of carbonyl (C=O) groups excluding carboxylic acids is 2. The number of piperidine rings is 1. The number of rotatable bonds is 0. The topological polar surface area (TPSA) is 37.4 Å². The van der Waals surface area contributed by atoms with E-state index in [-0.39, 0.29) is 23.7 Å². The summed E-state index contributed by atoms with van der Waals surface area (Å²) in [4.78, 5) is 23.3. The van der Waals surface area contributed by atoms with Crippen molar-refractivity contribution >= 4 is 23.3 Å².